The van der Waals surface area contributed by atoms with Crippen LogP contribution in [0.4, 0.5) is 0 Å². The van der Waals surface area contributed by atoms with E-state index in [0.29, 0.717) is 5.73 Å². The predicted octanol–water partition coefficient (Wildman–Crippen LogP) is 0.684. The van der Waals surface area contributed by atoms with E-state index in [9.17, 15) is 0 Å². The molecule has 76 valence electrons. The highest BCUT2D eigenvalue weighted by Gasteiger charge is 2.23. The minimum Gasteiger partial charge on any atom is -0.380 e. The molecular weight excluding hydrogens is 190 g/mol. The lowest BCUT2D eigenvalue weighted by Crippen LogP contribution is -2.52. The largest absolute Gasteiger partial charge is 0.380 e. The molecule has 1 aromatic rings. The van der Waals surface area contributed by atoms with Crippen molar-refractivity contribution in [2.45, 2.75) is 25.0 Å². The van der Waals surface area contributed by atoms with Crippen molar-refractivity contribution in [2.24, 2.45) is 5.40 Å². The van der Waals surface area contributed by atoms with Crippen LogP contribution in [0.25, 0.3) is 0 Å². The van der Waals surface area contributed by atoms with Gasteiger partial charge in [0.15, 0.2) is 8.96 Å². The standard InChI is InChI=1S/C11H17NOSi/c12-14(10-6-2-1-3-7-10)11-8-4-5-9-13-11/h1-3,6-7,11,14H,4-5,8-9,12H2. The zero-order valence-electron chi connectivity index (χ0n) is 8.36. The SMILES string of the molecule is N[SiH](c1ccccc1)C1CCCCO1. The third kappa shape index (κ3) is 2.23. The van der Waals surface area contributed by atoms with Crippen LogP contribution in [0.5, 0.6) is 0 Å². The molecule has 2 nitrogen and oxygen atoms in total. The van der Waals surface area contributed by atoms with Crippen molar-refractivity contribution in [3.05, 3.63) is 30.3 Å². The summed E-state index contributed by atoms with van der Waals surface area (Å²) < 4.78 is 5.73. The maximum Gasteiger partial charge on any atom is 0.169 e. The molecule has 1 aliphatic heterocycles. The predicted molar refractivity (Wildman–Crippen MR) is 61.0 cm³/mol. The van der Waals surface area contributed by atoms with Crippen LogP contribution in [0, 0.1) is 0 Å². The first-order chi connectivity index (χ1) is 6.88. The van der Waals surface area contributed by atoms with Gasteiger partial charge in [0.05, 0.1) is 5.73 Å². The Hall–Kier alpha value is -0.643. The number of hydrogen-bond acceptors (Lipinski definition) is 2. The Balaban J connectivity index is 2.03. The van der Waals surface area contributed by atoms with Crippen molar-refractivity contribution in [3.63, 3.8) is 0 Å². The zero-order valence-corrected chi connectivity index (χ0v) is 9.51. The van der Waals surface area contributed by atoms with Gasteiger partial charge in [-0.3, -0.25) is 0 Å². The summed E-state index contributed by atoms with van der Waals surface area (Å²) in [6, 6.07) is 10.4. The van der Waals surface area contributed by atoms with Gasteiger partial charge in [0.1, 0.15) is 0 Å². The first-order valence-corrected chi connectivity index (χ1v) is 7.21. The summed E-state index contributed by atoms with van der Waals surface area (Å²) in [7, 11) is -1.36. The fraction of sp³-hybridized carbons (Fsp3) is 0.455. The minimum atomic E-state index is -1.36. The Morgan fingerprint density at radius 1 is 1.21 bits per heavy atom. The second-order valence-electron chi connectivity index (χ2n) is 3.84. The van der Waals surface area contributed by atoms with Gasteiger partial charge in [-0.15, -0.1) is 0 Å². The van der Waals surface area contributed by atoms with Gasteiger partial charge < -0.3 is 10.1 Å². The molecule has 2 rings (SSSR count). The molecule has 1 fully saturated rings. The molecule has 0 spiro atoms. The highest BCUT2D eigenvalue weighted by Crippen LogP contribution is 2.13. The molecule has 1 aromatic carbocycles. The average Bonchev–Trinajstić information content (AvgIpc) is 2.30. The van der Waals surface area contributed by atoms with Crippen LogP contribution < -0.4 is 10.6 Å². The summed E-state index contributed by atoms with van der Waals surface area (Å²) in [6.45, 7) is 0.901. The number of nitrogens with two attached hydrogens (primary N) is 1. The van der Waals surface area contributed by atoms with Crippen LogP contribution in [0.1, 0.15) is 19.3 Å². The van der Waals surface area contributed by atoms with E-state index in [2.05, 4.69) is 24.3 Å². The molecule has 0 radical (unpaired) electrons. The maximum absolute atomic E-state index is 6.28. The molecule has 2 atom stereocenters. The highest BCUT2D eigenvalue weighted by molar-refractivity contribution is 6.71. The first-order valence-electron chi connectivity index (χ1n) is 5.30. The van der Waals surface area contributed by atoms with Gasteiger partial charge in [0.2, 0.25) is 0 Å². The van der Waals surface area contributed by atoms with Crippen LogP contribution in [-0.2, 0) is 4.74 Å². The van der Waals surface area contributed by atoms with Gasteiger partial charge in [-0.25, -0.2) is 0 Å². The van der Waals surface area contributed by atoms with Gasteiger partial charge in [0, 0.05) is 6.61 Å². The molecule has 1 saturated heterocycles. The quantitative estimate of drug-likeness (QED) is 0.724. The average molecular weight is 207 g/mol. The van der Waals surface area contributed by atoms with Crippen molar-refractivity contribution in [2.75, 3.05) is 6.61 Å². The van der Waals surface area contributed by atoms with E-state index in [1.807, 2.05) is 6.07 Å². The summed E-state index contributed by atoms with van der Waals surface area (Å²) in [5.74, 6) is 0. The monoisotopic (exact) mass is 207 g/mol. The minimum absolute atomic E-state index is 0.353. The Kier molecular flexibility index (Phi) is 3.34. The highest BCUT2D eigenvalue weighted by atomic mass is 28.3. The van der Waals surface area contributed by atoms with E-state index in [-0.39, 0.29) is 0 Å². The second kappa shape index (κ2) is 4.73. The molecule has 2 N–H and O–H groups in total. The van der Waals surface area contributed by atoms with Gasteiger partial charge in [-0.05, 0) is 24.4 Å². The smallest absolute Gasteiger partial charge is 0.169 e. The van der Waals surface area contributed by atoms with Crippen molar-refractivity contribution in [1.82, 2.24) is 0 Å². The van der Waals surface area contributed by atoms with Crippen molar-refractivity contribution >= 4 is 14.1 Å². The topological polar surface area (TPSA) is 35.2 Å². The van der Waals surface area contributed by atoms with E-state index >= 15 is 0 Å². The lowest BCUT2D eigenvalue weighted by molar-refractivity contribution is 0.0633. The first kappa shape index (κ1) is 9.89. The van der Waals surface area contributed by atoms with E-state index in [1.165, 1.54) is 18.0 Å². The molecule has 0 aliphatic carbocycles. The van der Waals surface area contributed by atoms with Crippen LogP contribution in [0.2, 0.25) is 0 Å². The number of benzene rings is 1. The van der Waals surface area contributed by atoms with Crippen molar-refractivity contribution in [1.29, 1.82) is 0 Å². The molecule has 14 heavy (non-hydrogen) atoms. The van der Waals surface area contributed by atoms with Crippen LogP contribution in [-0.4, -0.2) is 21.3 Å². The Morgan fingerprint density at radius 2 is 2.00 bits per heavy atom. The Labute approximate surface area is 86.8 Å². The number of hydrogen-bond donors (Lipinski definition) is 1. The summed E-state index contributed by atoms with van der Waals surface area (Å²) in [5.41, 5.74) is 0.353. The van der Waals surface area contributed by atoms with Gasteiger partial charge in [0.25, 0.3) is 0 Å². The third-order valence-corrected chi connectivity index (χ3v) is 5.28. The van der Waals surface area contributed by atoms with E-state index < -0.39 is 8.96 Å². The third-order valence-electron chi connectivity index (χ3n) is 2.80. The zero-order chi connectivity index (χ0) is 9.80. The summed E-state index contributed by atoms with van der Waals surface area (Å²) in [5, 5.41) is 7.60. The maximum atomic E-state index is 6.28. The lowest BCUT2D eigenvalue weighted by Gasteiger charge is -2.26. The molecule has 0 saturated carbocycles. The van der Waals surface area contributed by atoms with Crippen LogP contribution in [0.15, 0.2) is 30.3 Å². The van der Waals surface area contributed by atoms with Crippen LogP contribution >= 0.6 is 0 Å². The second-order valence-corrected chi connectivity index (χ2v) is 6.30. The summed E-state index contributed by atoms with van der Waals surface area (Å²) >= 11 is 0. The lowest BCUT2D eigenvalue weighted by atomic mass is 10.2. The summed E-state index contributed by atoms with van der Waals surface area (Å²) in [4.78, 5) is 0. The molecule has 3 heteroatoms. The fourth-order valence-corrected chi connectivity index (χ4v) is 3.97. The molecular formula is C11H17NOSi. The normalized spacial score (nSPS) is 24.5. The van der Waals surface area contributed by atoms with Gasteiger partial charge in [-0.2, -0.15) is 0 Å². The van der Waals surface area contributed by atoms with Crippen molar-refractivity contribution < 1.29 is 4.74 Å². The Bertz CT molecular complexity index is 272. The van der Waals surface area contributed by atoms with Crippen molar-refractivity contribution in [3.8, 4) is 0 Å². The Morgan fingerprint density at radius 3 is 2.64 bits per heavy atom. The molecule has 0 aromatic heterocycles. The van der Waals surface area contributed by atoms with E-state index in [4.69, 9.17) is 10.1 Å². The molecule has 0 bridgehead atoms. The number of rotatable bonds is 2. The molecule has 2 unspecified atom stereocenters. The number of ether oxygens (including phenoxy) is 1. The molecule has 1 aliphatic rings. The van der Waals surface area contributed by atoms with Gasteiger partial charge in [-0.1, -0.05) is 30.3 Å². The van der Waals surface area contributed by atoms with Crippen LogP contribution in [0.3, 0.4) is 0 Å². The van der Waals surface area contributed by atoms with Gasteiger partial charge >= 0.3 is 0 Å². The molecule has 0 amide bonds. The fourth-order valence-electron chi connectivity index (χ4n) is 1.94. The van der Waals surface area contributed by atoms with E-state index in [0.717, 1.165) is 13.0 Å². The van der Waals surface area contributed by atoms with E-state index in [1.54, 1.807) is 0 Å². The summed E-state index contributed by atoms with van der Waals surface area (Å²) in [6.07, 6.45) is 3.63. The molecule has 1 heterocycles.